The Morgan fingerprint density at radius 1 is 1.47 bits per heavy atom. The molecule has 1 aliphatic heterocycles. The minimum absolute atomic E-state index is 0.264. The molecule has 0 aliphatic carbocycles. The zero-order chi connectivity index (χ0) is 13.4. The molecule has 0 radical (unpaired) electrons. The molecule has 4 nitrogen and oxygen atoms in total. The third-order valence-corrected chi connectivity index (χ3v) is 3.63. The molecule has 1 aliphatic rings. The van der Waals surface area contributed by atoms with Crippen LogP contribution in [0.2, 0.25) is 0 Å². The van der Waals surface area contributed by atoms with E-state index in [1.807, 2.05) is 25.3 Å². The molecule has 2 N–H and O–H groups in total. The van der Waals surface area contributed by atoms with E-state index in [-0.39, 0.29) is 6.04 Å². The summed E-state index contributed by atoms with van der Waals surface area (Å²) in [4.78, 5) is 11.5. The normalized spacial score (nSPS) is 16.8. The molecule has 0 spiro atoms. The molecule has 2 aromatic rings. The zero-order valence-electron chi connectivity index (χ0n) is 11.3. The molecule has 3 heterocycles. The second kappa shape index (κ2) is 4.63. The summed E-state index contributed by atoms with van der Waals surface area (Å²) in [6.07, 6.45) is 3.89. The van der Waals surface area contributed by atoms with Gasteiger partial charge in [0.15, 0.2) is 0 Å². The Kier molecular flexibility index (Phi) is 2.95. The number of hydrogen-bond donors (Lipinski definition) is 1. The fraction of sp³-hybridized carbons (Fsp3) is 0.333. The summed E-state index contributed by atoms with van der Waals surface area (Å²) in [5.74, 6) is 1.00. The zero-order valence-corrected chi connectivity index (χ0v) is 11.3. The molecule has 19 heavy (non-hydrogen) atoms. The maximum absolute atomic E-state index is 5.88. The minimum atomic E-state index is 0.264. The summed E-state index contributed by atoms with van der Waals surface area (Å²) in [5, 5.41) is 1.10. The number of nitrogens with zero attached hydrogens (tertiary/aromatic N) is 3. The molecule has 0 amide bonds. The van der Waals surface area contributed by atoms with Gasteiger partial charge in [0.2, 0.25) is 0 Å². The summed E-state index contributed by atoms with van der Waals surface area (Å²) in [6, 6.07) is 6.34. The van der Waals surface area contributed by atoms with Crippen LogP contribution in [0.25, 0.3) is 16.5 Å². The van der Waals surface area contributed by atoms with Crippen molar-refractivity contribution in [1.29, 1.82) is 0 Å². The third kappa shape index (κ3) is 2.08. The van der Waals surface area contributed by atoms with Crippen molar-refractivity contribution in [2.75, 3.05) is 18.0 Å². The molecule has 2 aromatic heterocycles. The largest absolute Gasteiger partial charge is 0.353 e. The fourth-order valence-corrected chi connectivity index (χ4v) is 2.33. The van der Waals surface area contributed by atoms with Gasteiger partial charge in [-0.3, -0.25) is 4.98 Å². The number of allylic oxidation sites excluding steroid dienone is 2. The maximum atomic E-state index is 5.88. The Bertz CT molecular complexity index is 642. The van der Waals surface area contributed by atoms with Gasteiger partial charge in [0.05, 0.1) is 11.2 Å². The fourth-order valence-electron chi connectivity index (χ4n) is 2.33. The van der Waals surface area contributed by atoms with Gasteiger partial charge in [0, 0.05) is 30.7 Å². The standard InChI is InChI=1S/C15H18N4/c1-3-10(2)13-7-14-12(5-4-6-17-14)15(18-13)19-8-11(16)9-19/h3-7,11H,8-9,16H2,1-2H3. The van der Waals surface area contributed by atoms with E-state index >= 15 is 0 Å². The Morgan fingerprint density at radius 2 is 2.26 bits per heavy atom. The topological polar surface area (TPSA) is 55.0 Å². The number of hydrogen-bond acceptors (Lipinski definition) is 4. The number of fused-ring (bicyclic) bond motifs is 1. The van der Waals surface area contributed by atoms with E-state index < -0.39 is 0 Å². The monoisotopic (exact) mass is 254 g/mol. The van der Waals surface area contributed by atoms with Gasteiger partial charge in [0.25, 0.3) is 0 Å². The highest BCUT2D eigenvalue weighted by Crippen LogP contribution is 2.29. The number of pyridine rings is 2. The summed E-state index contributed by atoms with van der Waals surface area (Å²) in [7, 11) is 0. The van der Waals surface area contributed by atoms with Crippen LogP contribution in [0.3, 0.4) is 0 Å². The van der Waals surface area contributed by atoms with Crippen molar-refractivity contribution in [3.05, 3.63) is 36.2 Å². The Hall–Kier alpha value is -1.94. The summed E-state index contributed by atoms with van der Waals surface area (Å²) in [6.45, 7) is 5.84. The number of anilines is 1. The van der Waals surface area contributed by atoms with Gasteiger partial charge in [0.1, 0.15) is 5.82 Å². The molecular formula is C15H18N4. The van der Waals surface area contributed by atoms with Crippen LogP contribution in [0.4, 0.5) is 5.82 Å². The molecule has 4 heteroatoms. The van der Waals surface area contributed by atoms with E-state index in [4.69, 9.17) is 10.7 Å². The van der Waals surface area contributed by atoms with Crippen molar-refractivity contribution in [1.82, 2.24) is 9.97 Å². The second-order valence-corrected chi connectivity index (χ2v) is 5.04. The number of rotatable bonds is 2. The molecule has 98 valence electrons. The van der Waals surface area contributed by atoms with Crippen LogP contribution in [0.15, 0.2) is 30.5 Å². The van der Waals surface area contributed by atoms with Crippen LogP contribution in [0.5, 0.6) is 0 Å². The second-order valence-electron chi connectivity index (χ2n) is 5.04. The first-order valence-electron chi connectivity index (χ1n) is 6.58. The van der Waals surface area contributed by atoms with E-state index in [0.717, 1.165) is 35.5 Å². The molecule has 0 unspecified atom stereocenters. The Labute approximate surface area is 113 Å². The van der Waals surface area contributed by atoms with Crippen molar-refractivity contribution in [2.24, 2.45) is 5.73 Å². The van der Waals surface area contributed by atoms with Crippen LogP contribution in [-0.4, -0.2) is 29.1 Å². The van der Waals surface area contributed by atoms with Crippen LogP contribution in [-0.2, 0) is 0 Å². The number of nitrogens with two attached hydrogens (primary N) is 1. The quantitative estimate of drug-likeness (QED) is 0.892. The van der Waals surface area contributed by atoms with Crippen LogP contribution < -0.4 is 10.6 Å². The van der Waals surface area contributed by atoms with Crippen molar-refractivity contribution in [3.63, 3.8) is 0 Å². The molecule has 0 bridgehead atoms. The Balaban J connectivity index is 2.17. The molecule has 1 saturated heterocycles. The van der Waals surface area contributed by atoms with Crippen LogP contribution in [0.1, 0.15) is 19.5 Å². The van der Waals surface area contributed by atoms with Crippen LogP contribution in [0, 0.1) is 0 Å². The lowest BCUT2D eigenvalue weighted by Crippen LogP contribution is -2.56. The smallest absolute Gasteiger partial charge is 0.138 e. The maximum Gasteiger partial charge on any atom is 0.138 e. The SMILES string of the molecule is CC=C(C)c1cc2ncccc2c(N2CC(N)C2)n1. The van der Waals surface area contributed by atoms with E-state index in [0.29, 0.717) is 0 Å². The average molecular weight is 254 g/mol. The molecule has 1 fully saturated rings. The highest BCUT2D eigenvalue weighted by atomic mass is 15.3. The van der Waals surface area contributed by atoms with E-state index in [1.54, 1.807) is 0 Å². The van der Waals surface area contributed by atoms with E-state index in [2.05, 4.69) is 29.0 Å². The first-order chi connectivity index (χ1) is 9.19. The van der Waals surface area contributed by atoms with Gasteiger partial charge in [-0.1, -0.05) is 6.08 Å². The van der Waals surface area contributed by atoms with Gasteiger partial charge in [-0.05, 0) is 37.6 Å². The molecule has 0 atom stereocenters. The molecule has 0 aromatic carbocycles. The van der Waals surface area contributed by atoms with Crippen molar-refractivity contribution in [2.45, 2.75) is 19.9 Å². The summed E-state index contributed by atoms with van der Waals surface area (Å²) < 4.78 is 0. The highest BCUT2D eigenvalue weighted by Gasteiger charge is 2.26. The third-order valence-electron chi connectivity index (χ3n) is 3.63. The predicted molar refractivity (Wildman–Crippen MR) is 79.1 cm³/mol. The van der Waals surface area contributed by atoms with Crippen molar-refractivity contribution < 1.29 is 0 Å². The van der Waals surface area contributed by atoms with Crippen molar-refractivity contribution in [3.8, 4) is 0 Å². The predicted octanol–water partition coefficient (Wildman–Crippen LogP) is 2.20. The Morgan fingerprint density at radius 3 is 2.95 bits per heavy atom. The molecule has 0 saturated carbocycles. The lowest BCUT2D eigenvalue weighted by atomic mass is 10.1. The van der Waals surface area contributed by atoms with Crippen molar-refractivity contribution >= 4 is 22.3 Å². The first-order valence-corrected chi connectivity index (χ1v) is 6.58. The van der Waals surface area contributed by atoms with E-state index in [9.17, 15) is 0 Å². The first kappa shape index (κ1) is 12.1. The lowest BCUT2D eigenvalue weighted by molar-refractivity contribution is 0.516. The number of aromatic nitrogens is 2. The minimum Gasteiger partial charge on any atom is -0.353 e. The summed E-state index contributed by atoms with van der Waals surface area (Å²) in [5.41, 5.74) is 9.02. The summed E-state index contributed by atoms with van der Waals surface area (Å²) >= 11 is 0. The van der Waals surface area contributed by atoms with Gasteiger partial charge in [-0.15, -0.1) is 0 Å². The van der Waals surface area contributed by atoms with E-state index in [1.165, 1.54) is 5.57 Å². The molecular weight excluding hydrogens is 236 g/mol. The lowest BCUT2D eigenvalue weighted by Gasteiger charge is -2.38. The molecule has 3 rings (SSSR count). The average Bonchev–Trinajstić information content (AvgIpc) is 2.42. The van der Waals surface area contributed by atoms with Gasteiger partial charge in [-0.25, -0.2) is 4.98 Å². The van der Waals surface area contributed by atoms with Gasteiger partial charge < -0.3 is 10.6 Å². The van der Waals surface area contributed by atoms with Crippen LogP contribution >= 0.6 is 0 Å². The highest BCUT2D eigenvalue weighted by molar-refractivity contribution is 5.91. The van der Waals surface area contributed by atoms with Gasteiger partial charge in [-0.2, -0.15) is 0 Å². The van der Waals surface area contributed by atoms with Gasteiger partial charge >= 0.3 is 0 Å².